The van der Waals surface area contributed by atoms with Crippen molar-refractivity contribution in [3.8, 4) is 5.69 Å². The summed E-state index contributed by atoms with van der Waals surface area (Å²) in [7, 11) is 0. The van der Waals surface area contributed by atoms with Gasteiger partial charge in [0.2, 0.25) is 5.91 Å². The highest BCUT2D eigenvalue weighted by Gasteiger charge is 2.24. The van der Waals surface area contributed by atoms with Crippen molar-refractivity contribution in [3.63, 3.8) is 0 Å². The average molecular weight is 481 g/mol. The summed E-state index contributed by atoms with van der Waals surface area (Å²) in [6.07, 6.45) is 1.93. The molecule has 35 heavy (non-hydrogen) atoms. The van der Waals surface area contributed by atoms with Gasteiger partial charge in [0, 0.05) is 23.1 Å². The van der Waals surface area contributed by atoms with E-state index in [0.717, 1.165) is 40.7 Å². The van der Waals surface area contributed by atoms with Gasteiger partial charge in [-0.25, -0.2) is 4.98 Å². The Morgan fingerprint density at radius 2 is 1.74 bits per heavy atom. The van der Waals surface area contributed by atoms with Crippen LogP contribution in [0.5, 0.6) is 0 Å². The summed E-state index contributed by atoms with van der Waals surface area (Å²) < 4.78 is 1.63. The highest BCUT2D eigenvalue weighted by atomic mass is 32.2. The number of fused-ring (bicyclic) bond motifs is 4. The molecule has 5 aromatic rings. The molecular weight excluding hydrogens is 456 g/mol. The molecule has 2 aromatic heterocycles. The Bertz CT molecular complexity index is 1650. The lowest BCUT2D eigenvalue weighted by molar-refractivity contribution is -0.116. The predicted octanol–water partition coefficient (Wildman–Crippen LogP) is 5.25. The number of nitrogens with one attached hydrogen (secondary N) is 1. The van der Waals surface area contributed by atoms with Crippen LogP contribution in [0.1, 0.15) is 17.5 Å². The lowest BCUT2D eigenvalue weighted by Gasteiger charge is -2.29. The first kappa shape index (κ1) is 21.7. The number of hydrogen-bond donors (Lipinski definition) is 1. The Labute approximate surface area is 206 Å². The summed E-state index contributed by atoms with van der Waals surface area (Å²) in [5, 5.41) is 1.41. The number of amides is 1. The first-order valence-corrected chi connectivity index (χ1v) is 12.7. The van der Waals surface area contributed by atoms with Gasteiger partial charge in [-0.1, -0.05) is 66.4 Å². The Balaban J connectivity index is 1.44. The lowest BCUT2D eigenvalue weighted by atomic mass is 10.0. The number of thioether (sulfide) groups is 1. The van der Waals surface area contributed by atoms with E-state index in [9.17, 15) is 9.59 Å². The fraction of sp³-hybridized carbons (Fsp3) is 0.179. The van der Waals surface area contributed by atoms with Gasteiger partial charge in [0.1, 0.15) is 11.0 Å². The highest BCUT2D eigenvalue weighted by molar-refractivity contribution is 7.99. The van der Waals surface area contributed by atoms with Crippen LogP contribution < -0.4 is 10.5 Å². The normalized spacial score (nSPS) is 13.3. The van der Waals surface area contributed by atoms with Crippen molar-refractivity contribution in [1.29, 1.82) is 0 Å². The SMILES string of the molecule is Cc1ccccc1-n1c(SCC(=O)N2CCCc3ccccc32)nc2c([nH]c3ccccc32)c1=O. The second-order valence-electron chi connectivity index (χ2n) is 8.78. The third kappa shape index (κ3) is 3.72. The minimum atomic E-state index is -0.168. The van der Waals surface area contributed by atoms with Crippen LogP contribution in [0, 0.1) is 6.92 Å². The summed E-state index contributed by atoms with van der Waals surface area (Å²) in [6, 6.07) is 23.6. The van der Waals surface area contributed by atoms with Gasteiger partial charge in [-0.05, 0) is 49.1 Å². The smallest absolute Gasteiger partial charge is 0.283 e. The molecule has 0 saturated heterocycles. The Morgan fingerprint density at radius 1 is 1.00 bits per heavy atom. The summed E-state index contributed by atoms with van der Waals surface area (Å²) >= 11 is 1.31. The van der Waals surface area contributed by atoms with Crippen molar-refractivity contribution < 1.29 is 4.79 Å². The average Bonchev–Trinajstić information content (AvgIpc) is 3.27. The van der Waals surface area contributed by atoms with Gasteiger partial charge < -0.3 is 9.88 Å². The lowest BCUT2D eigenvalue weighted by Crippen LogP contribution is -2.36. The number of nitrogens with zero attached hydrogens (tertiary/aromatic N) is 3. The number of aromatic nitrogens is 3. The topological polar surface area (TPSA) is 71.0 Å². The maximum atomic E-state index is 13.8. The molecule has 7 heteroatoms. The monoisotopic (exact) mass is 480 g/mol. The molecule has 3 aromatic carbocycles. The summed E-state index contributed by atoms with van der Waals surface area (Å²) in [4.78, 5) is 37.2. The maximum absolute atomic E-state index is 13.8. The molecular formula is C28H24N4O2S. The van der Waals surface area contributed by atoms with E-state index >= 15 is 0 Å². The highest BCUT2D eigenvalue weighted by Crippen LogP contribution is 2.30. The van der Waals surface area contributed by atoms with Crippen LogP contribution >= 0.6 is 11.8 Å². The number of H-pyrrole nitrogens is 1. The van der Waals surface area contributed by atoms with Gasteiger partial charge in [0.25, 0.3) is 5.56 Å². The number of carbonyl (C=O) groups is 1. The van der Waals surface area contributed by atoms with E-state index in [0.29, 0.717) is 22.7 Å². The van der Waals surface area contributed by atoms with Crippen molar-refractivity contribution in [3.05, 3.63) is 94.3 Å². The van der Waals surface area contributed by atoms with E-state index in [1.807, 2.05) is 78.6 Å². The summed E-state index contributed by atoms with van der Waals surface area (Å²) in [6.45, 7) is 2.68. The van der Waals surface area contributed by atoms with Crippen molar-refractivity contribution in [1.82, 2.24) is 14.5 Å². The first-order chi connectivity index (χ1) is 17.1. The second kappa shape index (κ2) is 8.74. The molecule has 1 aliphatic heterocycles. The molecule has 0 fully saturated rings. The Hall–Kier alpha value is -3.84. The standard InChI is InChI=1S/C28H24N4O2S/c1-18-9-2-6-14-22(18)32-27(34)26-25(20-12-4-5-13-21(20)29-26)30-28(32)35-17-24(33)31-16-8-11-19-10-3-7-15-23(19)31/h2-7,9-10,12-15,29H,8,11,16-17H2,1H3. The molecule has 6 nitrogen and oxygen atoms in total. The van der Waals surface area contributed by atoms with Crippen molar-refractivity contribution in [2.24, 2.45) is 0 Å². The van der Waals surface area contributed by atoms with Crippen molar-refractivity contribution in [2.75, 3.05) is 17.2 Å². The van der Waals surface area contributed by atoms with Crippen molar-refractivity contribution >= 4 is 45.3 Å². The molecule has 1 N–H and O–H groups in total. The van der Waals surface area contributed by atoms with Gasteiger partial charge >= 0.3 is 0 Å². The largest absolute Gasteiger partial charge is 0.349 e. The molecule has 0 unspecified atom stereocenters. The van der Waals surface area contributed by atoms with Crippen LogP contribution in [0.4, 0.5) is 5.69 Å². The van der Waals surface area contributed by atoms with Crippen LogP contribution in [-0.4, -0.2) is 32.7 Å². The zero-order chi connectivity index (χ0) is 23.9. The molecule has 6 rings (SSSR count). The van der Waals surface area contributed by atoms with Crippen LogP contribution in [0.2, 0.25) is 0 Å². The first-order valence-electron chi connectivity index (χ1n) is 11.7. The number of aryl methyl sites for hydroxylation is 2. The molecule has 1 aliphatic rings. The quantitative estimate of drug-likeness (QED) is 0.282. The summed E-state index contributed by atoms with van der Waals surface area (Å²) in [5.41, 5.74) is 5.72. The van der Waals surface area contributed by atoms with E-state index in [1.54, 1.807) is 4.57 Å². The van der Waals surface area contributed by atoms with Crippen molar-refractivity contribution in [2.45, 2.75) is 24.9 Å². The third-order valence-corrected chi connectivity index (χ3v) is 7.51. The zero-order valence-electron chi connectivity index (χ0n) is 19.3. The molecule has 0 atom stereocenters. The van der Waals surface area contributed by atoms with E-state index in [-0.39, 0.29) is 17.2 Å². The molecule has 0 aliphatic carbocycles. The molecule has 0 spiro atoms. The zero-order valence-corrected chi connectivity index (χ0v) is 20.1. The minimum Gasteiger partial charge on any atom is -0.349 e. The number of rotatable bonds is 4. The van der Waals surface area contributed by atoms with E-state index in [1.165, 1.54) is 17.3 Å². The van der Waals surface area contributed by atoms with Gasteiger partial charge in [0.05, 0.1) is 11.4 Å². The number of carbonyl (C=O) groups excluding carboxylic acids is 1. The Kier molecular flexibility index (Phi) is 5.41. The number of benzene rings is 3. The van der Waals surface area contributed by atoms with Gasteiger partial charge in [0.15, 0.2) is 5.16 Å². The third-order valence-electron chi connectivity index (χ3n) is 6.59. The van der Waals surface area contributed by atoms with Crippen LogP contribution in [0.25, 0.3) is 27.6 Å². The number of para-hydroxylation sites is 3. The molecule has 1 amide bonds. The minimum absolute atomic E-state index is 0.0201. The molecule has 3 heterocycles. The summed E-state index contributed by atoms with van der Waals surface area (Å²) in [5.74, 6) is 0.215. The van der Waals surface area contributed by atoms with Gasteiger partial charge in [-0.15, -0.1) is 0 Å². The maximum Gasteiger partial charge on any atom is 0.283 e. The number of anilines is 1. The fourth-order valence-corrected chi connectivity index (χ4v) is 5.74. The number of hydrogen-bond acceptors (Lipinski definition) is 4. The fourth-order valence-electron chi connectivity index (χ4n) is 4.86. The Morgan fingerprint density at radius 3 is 2.60 bits per heavy atom. The van der Waals surface area contributed by atoms with Crippen LogP contribution in [0.3, 0.4) is 0 Å². The second-order valence-corrected chi connectivity index (χ2v) is 9.72. The van der Waals surface area contributed by atoms with Crippen LogP contribution in [0.15, 0.2) is 82.7 Å². The van der Waals surface area contributed by atoms with Gasteiger partial charge in [-0.3, -0.25) is 14.2 Å². The molecule has 0 bridgehead atoms. The number of aromatic amines is 1. The van der Waals surface area contributed by atoms with E-state index in [4.69, 9.17) is 4.98 Å². The van der Waals surface area contributed by atoms with E-state index in [2.05, 4.69) is 11.1 Å². The molecule has 0 saturated carbocycles. The predicted molar refractivity (Wildman–Crippen MR) is 142 cm³/mol. The van der Waals surface area contributed by atoms with Gasteiger partial charge in [-0.2, -0.15) is 0 Å². The molecule has 0 radical (unpaired) electrons. The molecule has 174 valence electrons. The van der Waals surface area contributed by atoms with Crippen LogP contribution in [-0.2, 0) is 11.2 Å². The van der Waals surface area contributed by atoms with E-state index < -0.39 is 0 Å².